The molecule has 9 rings (SSSR count). The van der Waals surface area contributed by atoms with Gasteiger partial charge in [0.25, 0.3) is 0 Å². The average molecular weight is 1110 g/mol. The van der Waals surface area contributed by atoms with Gasteiger partial charge in [-0.05, 0) is 97.8 Å². The maximum absolute atomic E-state index is 12.7. The minimum Gasteiger partial charge on any atom is -0.507 e. The Labute approximate surface area is 448 Å². The second-order valence-corrected chi connectivity index (χ2v) is 21.2. The van der Waals surface area contributed by atoms with Gasteiger partial charge in [0, 0.05) is 60.5 Å². The van der Waals surface area contributed by atoms with Gasteiger partial charge in [-0.1, -0.05) is 214 Å². The number of phenolic OH excluding ortho intramolecular Hbond substituents is 1. The van der Waals surface area contributed by atoms with E-state index in [4.69, 9.17) is 26.4 Å². The number of aromatic hydroxyl groups is 1. The number of benzene rings is 7. The van der Waals surface area contributed by atoms with Gasteiger partial charge in [0.15, 0.2) is 0 Å². The van der Waals surface area contributed by atoms with Crippen LogP contribution in [0.5, 0.6) is 5.75 Å². The van der Waals surface area contributed by atoms with E-state index in [0.29, 0.717) is 67.2 Å². The van der Waals surface area contributed by atoms with Gasteiger partial charge < -0.3 is 5.11 Å². The van der Waals surface area contributed by atoms with Gasteiger partial charge in [0.1, 0.15) is 11.6 Å². The van der Waals surface area contributed by atoms with Crippen molar-refractivity contribution in [1.29, 1.82) is 0 Å². The van der Waals surface area contributed by atoms with Crippen molar-refractivity contribution in [3.63, 3.8) is 0 Å². The number of phenols is 1. The second-order valence-electron chi connectivity index (χ2n) is 21.2. The van der Waals surface area contributed by atoms with Gasteiger partial charge in [-0.15, -0.1) is 23.8 Å². The van der Waals surface area contributed by atoms with E-state index < -0.39 is 38.2 Å². The molecular formula is C65H66N3OPt-. The van der Waals surface area contributed by atoms with Crippen LogP contribution in [-0.2, 0) is 42.7 Å². The maximum atomic E-state index is 12.7. The number of para-hydroxylation sites is 1. The molecule has 0 aliphatic carbocycles. The molecule has 358 valence electrons. The molecule has 2 aromatic heterocycles. The molecule has 0 saturated heterocycles. The second kappa shape index (κ2) is 18.8. The largest absolute Gasteiger partial charge is 0.507 e. The average Bonchev–Trinajstić information content (AvgIpc) is 1.39. The van der Waals surface area contributed by atoms with Crippen molar-refractivity contribution in [2.75, 3.05) is 0 Å². The molecule has 5 heteroatoms. The Hall–Kier alpha value is -6.35. The fourth-order valence-corrected chi connectivity index (χ4v) is 8.98. The van der Waals surface area contributed by atoms with E-state index in [1.807, 2.05) is 95.6 Å². The SMILES string of the molecule is [2H]C([2H])([2H])c1ccc(-n2c(-c3cc(C(C)(C)C)cc(C(C)(C)C)c3O)nc3c(-c4[c-]c(-c5cc(-c6ccc(C(C([2H])([2H])[2H])(C([2H])([2H])[2H])C([2H])([2H])[2H])cc6)ccn5)cc(-c5ccccc5)c4)cccc32)c(-c2ccc(C(C)(C)C)cc2)c1.[Pt]. The first-order valence-corrected chi connectivity index (χ1v) is 23.4. The third-order valence-electron chi connectivity index (χ3n) is 13.0. The monoisotopic (exact) mass is 1110 g/mol. The van der Waals surface area contributed by atoms with Crippen molar-refractivity contribution in [1.82, 2.24) is 14.5 Å². The summed E-state index contributed by atoms with van der Waals surface area (Å²) in [6.07, 6.45) is 1.63. The van der Waals surface area contributed by atoms with Crippen LogP contribution in [0, 0.1) is 12.9 Å². The van der Waals surface area contributed by atoms with E-state index in [1.54, 1.807) is 24.4 Å². The molecular weight excluding hydrogens is 1030 g/mol. The number of aromatic nitrogens is 3. The van der Waals surface area contributed by atoms with E-state index in [0.717, 1.165) is 33.4 Å². The fourth-order valence-electron chi connectivity index (χ4n) is 8.98. The Balaban J connectivity index is 0.00000880. The summed E-state index contributed by atoms with van der Waals surface area (Å²) in [5.74, 6) is 0.518. The first-order chi connectivity index (χ1) is 37.5. The summed E-state index contributed by atoms with van der Waals surface area (Å²) >= 11 is 0. The predicted molar refractivity (Wildman–Crippen MR) is 292 cm³/mol. The van der Waals surface area contributed by atoms with Crippen LogP contribution >= 0.6 is 0 Å². The number of fused-ring (bicyclic) bond motifs is 1. The van der Waals surface area contributed by atoms with Gasteiger partial charge in [-0.3, -0.25) is 9.55 Å². The third kappa shape index (κ3) is 9.99. The Morgan fingerprint density at radius 3 is 1.80 bits per heavy atom. The molecule has 0 bridgehead atoms. The van der Waals surface area contributed by atoms with Crippen LogP contribution in [0.2, 0.25) is 0 Å². The van der Waals surface area contributed by atoms with Gasteiger partial charge >= 0.3 is 0 Å². The molecule has 4 nitrogen and oxygen atoms in total. The Bertz CT molecular complexity index is 3780. The van der Waals surface area contributed by atoms with Gasteiger partial charge in [-0.2, -0.15) is 0 Å². The van der Waals surface area contributed by atoms with E-state index in [9.17, 15) is 5.11 Å². The molecule has 9 aromatic rings. The van der Waals surface area contributed by atoms with Gasteiger partial charge in [-0.25, -0.2) is 4.98 Å². The molecule has 7 aromatic carbocycles. The Morgan fingerprint density at radius 2 is 1.16 bits per heavy atom. The topological polar surface area (TPSA) is 50.9 Å². The van der Waals surface area contributed by atoms with Crippen LogP contribution in [0.3, 0.4) is 0 Å². The molecule has 2 heterocycles. The van der Waals surface area contributed by atoms with Gasteiger partial charge in [0.2, 0.25) is 0 Å². The number of rotatable bonds is 7. The Morgan fingerprint density at radius 1 is 0.514 bits per heavy atom. The van der Waals surface area contributed by atoms with Crippen molar-refractivity contribution < 1.29 is 42.6 Å². The summed E-state index contributed by atoms with van der Waals surface area (Å²) in [4.78, 5) is 10.4. The first-order valence-electron chi connectivity index (χ1n) is 29.4. The summed E-state index contributed by atoms with van der Waals surface area (Å²) in [5.41, 5.74) is 7.89. The normalized spacial score (nSPS) is 15.6. The van der Waals surface area contributed by atoms with Crippen LogP contribution in [0.15, 0.2) is 158 Å². The van der Waals surface area contributed by atoms with Crippen molar-refractivity contribution in [2.24, 2.45) is 0 Å². The quantitative estimate of drug-likeness (QED) is 0.162. The van der Waals surface area contributed by atoms with Crippen LogP contribution in [0.1, 0.15) is 127 Å². The zero-order valence-corrected chi connectivity index (χ0v) is 43.4. The maximum Gasteiger partial charge on any atom is 0.148 e. The molecule has 0 fully saturated rings. The van der Waals surface area contributed by atoms with Crippen LogP contribution in [0.4, 0.5) is 0 Å². The van der Waals surface area contributed by atoms with E-state index >= 15 is 0 Å². The van der Waals surface area contributed by atoms with E-state index in [2.05, 4.69) is 86.6 Å². The van der Waals surface area contributed by atoms with E-state index in [-0.39, 0.29) is 48.8 Å². The first kappa shape index (κ1) is 36.6. The van der Waals surface area contributed by atoms with Crippen molar-refractivity contribution in [3.8, 4) is 78.6 Å². The fraction of sp³-hybridized carbons (Fsp3) is 0.262. The summed E-state index contributed by atoms with van der Waals surface area (Å²) in [6, 6.07) is 50.2. The number of imidazole rings is 1. The zero-order chi connectivity index (χ0) is 59.2. The molecule has 0 amide bonds. The molecule has 1 N–H and O–H groups in total. The molecule has 0 saturated carbocycles. The number of hydrogen-bond acceptors (Lipinski definition) is 3. The van der Waals surface area contributed by atoms with Crippen molar-refractivity contribution in [2.45, 2.75) is 111 Å². The molecule has 0 spiro atoms. The standard InChI is InChI=1S/C65H66N3O.Pt/c1-41-22-31-57(53(34-41)44-25-29-50(30-26-44)63(5,6)7)68-58-21-17-20-52(59(58)67-61(68)54-39-51(64(8,9)10)40-55(60(54)69)65(11,12)13)47-35-46(42-18-15-14-16-19-42)36-48(37-47)56-38-45(32-33-66-56)43-23-27-49(28-24-43)62(2,3)4;/h14-36,38-40,69H,1-13H3;/q-1;/i1D3,2D3,3D3,4D3;. The Kier molecular flexibility index (Phi) is 9.80. The molecule has 0 atom stereocenters. The number of hydrogen-bond donors (Lipinski definition) is 1. The summed E-state index contributed by atoms with van der Waals surface area (Å²) in [6.45, 7) is 6.41. The van der Waals surface area contributed by atoms with Crippen molar-refractivity contribution >= 4 is 11.0 Å². The molecule has 0 aliphatic rings. The summed E-state index contributed by atoms with van der Waals surface area (Å²) in [7, 11) is 0. The predicted octanol–water partition coefficient (Wildman–Crippen LogP) is 17.4. The smallest absolute Gasteiger partial charge is 0.148 e. The molecule has 70 heavy (non-hydrogen) atoms. The zero-order valence-electron chi connectivity index (χ0n) is 53.1. The minimum atomic E-state index is -3.40. The van der Waals surface area contributed by atoms with Crippen LogP contribution in [0.25, 0.3) is 83.9 Å². The van der Waals surface area contributed by atoms with Crippen molar-refractivity contribution in [3.05, 3.63) is 192 Å². The van der Waals surface area contributed by atoms with Gasteiger partial charge in [0.05, 0.1) is 22.3 Å². The number of aryl methyl sites for hydroxylation is 1. The molecule has 0 unspecified atom stereocenters. The number of pyridine rings is 1. The third-order valence-corrected chi connectivity index (χ3v) is 13.0. The minimum absolute atomic E-state index is 0. The van der Waals surface area contributed by atoms with Crippen LogP contribution < -0.4 is 0 Å². The summed E-state index contributed by atoms with van der Waals surface area (Å²) < 4.78 is 102. The molecule has 0 radical (unpaired) electrons. The molecule has 0 aliphatic heterocycles. The number of nitrogens with zero attached hydrogens (tertiary/aromatic N) is 3. The van der Waals surface area contributed by atoms with E-state index in [1.165, 1.54) is 24.3 Å². The summed E-state index contributed by atoms with van der Waals surface area (Å²) in [5, 5.41) is 12.7. The van der Waals surface area contributed by atoms with Crippen LogP contribution in [-0.4, -0.2) is 19.6 Å².